The second-order valence-electron chi connectivity index (χ2n) is 7.16. The Kier molecular flexibility index (Phi) is 7.87. The van der Waals surface area contributed by atoms with Gasteiger partial charge in [0.2, 0.25) is 0 Å². The van der Waals surface area contributed by atoms with E-state index in [9.17, 15) is 4.79 Å². The highest BCUT2D eigenvalue weighted by Crippen LogP contribution is 2.29. The Hall–Kier alpha value is -1.93. The summed E-state index contributed by atoms with van der Waals surface area (Å²) in [5.74, 6) is 0.768. The van der Waals surface area contributed by atoms with Gasteiger partial charge in [-0.1, -0.05) is 60.7 Å². The van der Waals surface area contributed by atoms with E-state index in [0.717, 1.165) is 19.3 Å². The lowest BCUT2D eigenvalue weighted by atomic mass is 9.86. The average Bonchev–Trinajstić information content (AvgIpc) is 2.64. The first kappa shape index (κ1) is 19.4. The highest BCUT2D eigenvalue weighted by molar-refractivity contribution is 5.78. The van der Waals surface area contributed by atoms with Crippen LogP contribution in [0.1, 0.15) is 56.1 Å². The SMILES string of the molecule is CC(CCC(=O)CCCC(c1ccccc1)c1ccccc1)N(C)C. The van der Waals surface area contributed by atoms with E-state index in [0.29, 0.717) is 30.6 Å². The maximum absolute atomic E-state index is 12.2. The van der Waals surface area contributed by atoms with Crippen molar-refractivity contribution in [3.05, 3.63) is 71.8 Å². The first-order valence-electron chi connectivity index (χ1n) is 9.36. The summed E-state index contributed by atoms with van der Waals surface area (Å²) in [4.78, 5) is 14.4. The van der Waals surface area contributed by atoms with Crippen LogP contribution in [-0.4, -0.2) is 30.8 Å². The number of nitrogens with zero attached hydrogens (tertiary/aromatic N) is 1. The summed E-state index contributed by atoms with van der Waals surface area (Å²) in [7, 11) is 4.14. The van der Waals surface area contributed by atoms with Crippen molar-refractivity contribution >= 4 is 5.78 Å². The predicted octanol–water partition coefficient (Wildman–Crippen LogP) is 5.29. The van der Waals surface area contributed by atoms with Gasteiger partial charge in [-0.05, 0) is 51.4 Å². The van der Waals surface area contributed by atoms with Crippen molar-refractivity contribution in [3.63, 3.8) is 0 Å². The fourth-order valence-electron chi connectivity index (χ4n) is 3.15. The molecular formula is C23H31NO. The molecule has 0 bridgehead atoms. The smallest absolute Gasteiger partial charge is 0.132 e. The largest absolute Gasteiger partial charge is 0.307 e. The molecule has 0 radical (unpaired) electrons. The Labute approximate surface area is 152 Å². The van der Waals surface area contributed by atoms with Crippen molar-refractivity contribution in [1.29, 1.82) is 0 Å². The lowest BCUT2D eigenvalue weighted by Crippen LogP contribution is -2.25. The summed E-state index contributed by atoms with van der Waals surface area (Å²) in [6.45, 7) is 2.17. The topological polar surface area (TPSA) is 20.3 Å². The van der Waals surface area contributed by atoms with E-state index in [4.69, 9.17) is 0 Å². The number of ketones is 1. The zero-order valence-corrected chi connectivity index (χ0v) is 15.8. The van der Waals surface area contributed by atoms with Crippen molar-refractivity contribution in [2.45, 2.75) is 51.0 Å². The zero-order valence-electron chi connectivity index (χ0n) is 15.8. The highest BCUT2D eigenvalue weighted by atomic mass is 16.1. The summed E-state index contributed by atoms with van der Waals surface area (Å²) in [6.07, 6.45) is 4.30. The van der Waals surface area contributed by atoms with Gasteiger partial charge in [-0.3, -0.25) is 4.79 Å². The minimum atomic E-state index is 0.371. The van der Waals surface area contributed by atoms with Crippen LogP contribution >= 0.6 is 0 Å². The summed E-state index contributed by atoms with van der Waals surface area (Å²) >= 11 is 0. The van der Waals surface area contributed by atoms with E-state index in [-0.39, 0.29) is 0 Å². The first-order chi connectivity index (χ1) is 12.1. The molecule has 0 aliphatic carbocycles. The van der Waals surface area contributed by atoms with Crippen LogP contribution in [0.4, 0.5) is 0 Å². The number of carbonyl (C=O) groups excluding carboxylic acids is 1. The Morgan fingerprint density at radius 2 is 1.36 bits per heavy atom. The van der Waals surface area contributed by atoms with Gasteiger partial charge in [0.25, 0.3) is 0 Å². The molecule has 0 aromatic heterocycles. The number of Topliss-reactive ketones (excluding diaryl/α,β-unsaturated/α-hetero) is 1. The molecule has 2 aromatic carbocycles. The van der Waals surface area contributed by atoms with E-state index in [1.165, 1.54) is 11.1 Å². The summed E-state index contributed by atoms with van der Waals surface area (Å²) in [5.41, 5.74) is 2.67. The summed E-state index contributed by atoms with van der Waals surface area (Å²) in [5, 5.41) is 0. The van der Waals surface area contributed by atoms with Crippen LogP contribution < -0.4 is 0 Å². The van der Waals surface area contributed by atoms with Gasteiger partial charge in [0.15, 0.2) is 0 Å². The minimum absolute atomic E-state index is 0.371. The van der Waals surface area contributed by atoms with Gasteiger partial charge in [-0.2, -0.15) is 0 Å². The number of hydrogen-bond donors (Lipinski definition) is 0. The maximum atomic E-state index is 12.2. The highest BCUT2D eigenvalue weighted by Gasteiger charge is 2.15. The van der Waals surface area contributed by atoms with E-state index >= 15 is 0 Å². The molecule has 0 aliphatic heterocycles. The molecule has 0 amide bonds. The molecule has 0 spiro atoms. The van der Waals surface area contributed by atoms with Crippen LogP contribution in [0.25, 0.3) is 0 Å². The average molecular weight is 338 g/mol. The molecule has 134 valence electrons. The van der Waals surface area contributed by atoms with Gasteiger partial charge in [0, 0.05) is 24.8 Å². The van der Waals surface area contributed by atoms with Crippen molar-refractivity contribution in [2.75, 3.05) is 14.1 Å². The normalized spacial score (nSPS) is 12.5. The van der Waals surface area contributed by atoms with Gasteiger partial charge in [-0.25, -0.2) is 0 Å². The molecule has 0 aliphatic rings. The molecule has 1 atom stereocenters. The molecular weight excluding hydrogens is 306 g/mol. The van der Waals surface area contributed by atoms with Gasteiger partial charge < -0.3 is 4.90 Å². The number of rotatable bonds is 10. The molecule has 25 heavy (non-hydrogen) atoms. The lowest BCUT2D eigenvalue weighted by molar-refractivity contribution is -0.119. The van der Waals surface area contributed by atoms with Crippen LogP contribution in [0.2, 0.25) is 0 Å². The van der Waals surface area contributed by atoms with Crippen LogP contribution in [0.15, 0.2) is 60.7 Å². The van der Waals surface area contributed by atoms with Gasteiger partial charge in [-0.15, -0.1) is 0 Å². The molecule has 0 saturated carbocycles. The van der Waals surface area contributed by atoms with E-state index in [1.807, 2.05) is 0 Å². The predicted molar refractivity (Wildman–Crippen MR) is 106 cm³/mol. The number of hydrogen-bond acceptors (Lipinski definition) is 2. The third-order valence-corrected chi connectivity index (χ3v) is 5.07. The van der Waals surface area contributed by atoms with Crippen molar-refractivity contribution in [3.8, 4) is 0 Å². The molecule has 2 heteroatoms. The van der Waals surface area contributed by atoms with Crippen molar-refractivity contribution in [2.24, 2.45) is 0 Å². The van der Waals surface area contributed by atoms with Crippen LogP contribution in [0.3, 0.4) is 0 Å². The maximum Gasteiger partial charge on any atom is 0.132 e. The van der Waals surface area contributed by atoms with Gasteiger partial charge >= 0.3 is 0 Å². The first-order valence-corrected chi connectivity index (χ1v) is 9.36. The summed E-state index contributed by atoms with van der Waals surface area (Å²) < 4.78 is 0. The summed E-state index contributed by atoms with van der Waals surface area (Å²) in [6, 6.07) is 21.7. The van der Waals surface area contributed by atoms with E-state index < -0.39 is 0 Å². The van der Waals surface area contributed by atoms with Crippen LogP contribution in [0.5, 0.6) is 0 Å². The molecule has 0 fully saturated rings. The second-order valence-corrected chi connectivity index (χ2v) is 7.16. The Balaban J connectivity index is 1.90. The minimum Gasteiger partial charge on any atom is -0.307 e. The van der Waals surface area contributed by atoms with Crippen molar-refractivity contribution in [1.82, 2.24) is 4.90 Å². The molecule has 0 saturated heterocycles. The van der Waals surface area contributed by atoms with Gasteiger partial charge in [0.1, 0.15) is 5.78 Å². The third-order valence-electron chi connectivity index (χ3n) is 5.07. The lowest BCUT2D eigenvalue weighted by Gasteiger charge is -2.19. The van der Waals surface area contributed by atoms with Gasteiger partial charge in [0.05, 0.1) is 0 Å². The standard InChI is InChI=1S/C23H31NO/c1-19(24(2)3)17-18-22(25)15-10-16-23(20-11-6-4-7-12-20)21-13-8-5-9-14-21/h4-9,11-14,19,23H,10,15-18H2,1-3H3. The fourth-order valence-corrected chi connectivity index (χ4v) is 3.15. The second kappa shape index (κ2) is 10.1. The number of carbonyl (C=O) groups is 1. The fraction of sp³-hybridized carbons (Fsp3) is 0.435. The van der Waals surface area contributed by atoms with Crippen LogP contribution in [-0.2, 0) is 4.79 Å². The zero-order chi connectivity index (χ0) is 18.1. The van der Waals surface area contributed by atoms with E-state index in [2.05, 4.69) is 86.6 Å². The molecule has 2 rings (SSSR count). The van der Waals surface area contributed by atoms with Crippen molar-refractivity contribution < 1.29 is 4.79 Å². The third kappa shape index (κ3) is 6.47. The Morgan fingerprint density at radius 1 is 0.840 bits per heavy atom. The molecule has 2 aromatic rings. The van der Waals surface area contributed by atoms with Crippen LogP contribution in [0, 0.1) is 0 Å². The monoisotopic (exact) mass is 337 g/mol. The Morgan fingerprint density at radius 3 is 1.84 bits per heavy atom. The molecule has 0 heterocycles. The number of benzene rings is 2. The molecule has 2 nitrogen and oxygen atoms in total. The molecule has 0 N–H and O–H groups in total. The quantitative estimate of drug-likeness (QED) is 0.587. The Bertz CT molecular complexity index is 582. The van der Waals surface area contributed by atoms with E-state index in [1.54, 1.807) is 0 Å². The molecule has 1 unspecified atom stereocenters.